The lowest BCUT2D eigenvalue weighted by Gasteiger charge is -2.26. The summed E-state index contributed by atoms with van der Waals surface area (Å²) in [4.78, 5) is 21.4. The second-order valence-electron chi connectivity index (χ2n) is 7.85. The predicted octanol–water partition coefficient (Wildman–Crippen LogP) is 4.15. The van der Waals surface area contributed by atoms with Crippen LogP contribution in [0.15, 0.2) is 24.5 Å². The maximum atomic E-state index is 13.1. The van der Waals surface area contributed by atoms with Crippen LogP contribution < -0.4 is 14.8 Å². The highest BCUT2D eigenvalue weighted by Gasteiger charge is 2.24. The molecule has 1 amide bonds. The number of nitrogens with one attached hydrogen (secondary N) is 1. The van der Waals surface area contributed by atoms with E-state index in [0.29, 0.717) is 38.7 Å². The van der Waals surface area contributed by atoms with Crippen molar-refractivity contribution >= 4 is 34.0 Å². The molecular weight excluding hydrogens is 466 g/mol. The molecule has 1 fully saturated rings. The number of amides is 1. The van der Waals surface area contributed by atoms with E-state index in [1.165, 1.54) is 30.8 Å². The Morgan fingerprint density at radius 1 is 1.18 bits per heavy atom. The van der Waals surface area contributed by atoms with E-state index >= 15 is 0 Å². The molecule has 0 spiro atoms. The number of nitrogens with zero attached hydrogens (tertiary/aromatic N) is 4. The summed E-state index contributed by atoms with van der Waals surface area (Å²) in [5.74, 6) is 0.445. The minimum atomic E-state index is -0.390. The Labute approximate surface area is 200 Å². The molecule has 0 atom stereocenters. The highest BCUT2D eigenvalue weighted by Crippen LogP contribution is 2.35. The largest absolute Gasteiger partial charge is 0.494 e. The van der Waals surface area contributed by atoms with Crippen molar-refractivity contribution in [1.82, 2.24) is 20.2 Å². The zero-order valence-electron chi connectivity index (χ0n) is 18.2. The van der Waals surface area contributed by atoms with Crippen LogP contribution in [0.25, 0.3) is 11.1 Å². The number of halogens is 1. The van der Waals surface area contributed by atoms with Gasteiger partial charge in [0.15, 0.2) is 0 Å². The van der Waals surface area contributed by atoms with E-state index in [1.54, 1.807) is 12.1 Å². The molecule has 3 aromatic rings. The molecule has 0 bridgehead atoms. The lowest BCUT2D eigenvalue weighted by atomic mass is 9.88. The Morgan fingerprint density at radius 2 is 1.97 bits per heavy atom. The number of anilines is 1. The monoisotopic (exact) mass is 489 g/mol. The first-order chi connectivity index (χ1) is 16.0. The minimum Gasteiger partial charge on any atom is -0.494 e. The first-order valence-corrected chi connectivity index (χ1v) is 11.7. The van der Waals surface area contributed by atoms with Crippen LogP contribution in [0, 0.1) is 12.8 Å². The first-order valence-electron chi connectivity index (χ1n) is 10.6. The summed E-state index contributed by atoms with van der Waals surface area (Å²) in [5.41, 5.74) is 2.32. The van der Waals surface area contributed by atoms with Gasteiger partial charge < -0.3 is 14.6 Å². The van der Waals surface area contributed by atoms with E-state index < -0.39 is 5.91 Å². The number of methoxy groups -OCH3 is 1. The molecule has 174 valence electrons. The summed E-state index contributed by atoms with van der Waals surface area (Å²) in [6.45, 7) is 2.05. The summed E-state index contributed by atoms with van der Waals surface area (Å²) in [7, 11) is 1.53. The molecule has 1 aliphatic rings. The highest BCUT2D eigenvalue weighted by atomic mass is 35.5. The van der Waals surface area contributed by atoms with E-state index in [0.717, 1.165) is 31.4 Å². The standard InChI is InChI=1S/C22H24ClN5O4S/c1-12-7-15(16-8-19(23)25-10-18(16)31-2)17(9-24-12)20(30)26-21-27-28-22(33-21)32-14-5-3-13(11-29)4-6-14/h7-10,13-14,29H,3-6,11H2,1-2H3,(H,26,27,30). The number of pyridine rings is 2. The summed E-state index contributed by atoms with van der Waals surface area (Å²) < 4.78 is 11.3. The average Bonchev–Trinajstić information content (AvgIpc) is 3.25. The van der Waals surface area contributed by atoms with Gasteiger partial charge in [-0.25, -0.2) is 4.98 Å². The van der Waals surface area contributed by atoms with Gasteiger partial charge in [-0.05, 0) is 62.0 Å². The zero-order chi connectivity index (χ0) is 23.4. The van der Waals surface area contributed by atoms with Crippen LogP contribution in [0.1, 0.15) is 41.7 Å². The number of carbonyl (C=O) groups is 1. The van der Waals surface area contributed by atoms with Gasteiger partial charge in [-0.2, -0.15) is 0 Å². The molecule has 1 aliphatic carbocycles. The highest BCUT2D eigenvalue weighted by molar-refractivity contribution is 7.17. The van der Waals surface area contributed by atoms with Crippen molar-refractivity contribution in [2.45, 2.75) is 38.7 Å². The van der Waals surface area contributed by atoms with Crippen molar-refractivity contribution in [3.63, 3.8) is 0 Å². The van der Waals surface area contributed by atoms with E-state index in [-0.39, 0.29) is 17.9 Å². The average molecular weight is 490 g/mol. The van der Waals surface area contributed by atoms with Gasteiger partial charge in [0.1, 0.15) is 17.0 Å². The Hall–Kier alpha value is -2.82. The number of ether oxygens (including phenoxy) is 2. The first kappa shape index (κ1) is 23.3. The fraction of sp³-hybridized carbons (Fsp3) is 0.409. The van der Waals surface area contributed by atoms with Crippen LogP contribution >= 0.6 is 22.9 Å². The van der Waals surface area contributed by atoms with Crippen molar-refractivity contribution in [3.8, 4) is 22.1 Å². The molecule has 33 heavy (non-hydrogen) atoms. The summed E-state index contributed by atoms with van der Waals surface area (Å²) in [5, 5.41) is 21.2. The van der Waals surface area contributed by atoms with Crippen LogP contribution in [-0.2, 0) is 0 Å². The number of aryl methyl sites for hydroxylation is 1. The smallest absolute Gasteiger partial charge is 0.296 e. The number of rotatable bonds is 7. The van der Waals surface area contributed by atoms with Crippen molar-refractivity contribution in [2.24, 2.45) is 5.92 Å². The van der Waals surface area contributed by atoms with Gasteiger partial charge in [0.2, 0.25) is 5.13 Å². The third-order valence-corrected chi connectivity index (χ3v) is 6.51. The van der Waals surface area contributed by atoms with Crippen LogP contribution in [0.5, 0.6) is 10.9 Å². The Kier molecular flexibility index (Phi) is 7.36. The SMILES string of the molecule is COc1cnc(Cl)cc1-c1cc(C)ncc1C(=O)Nc1nnc(OC2CCC(CO)CC2)s1. The van der Waals surface area contributed by atoms with Gasteiger partial charge in [-0.3, -0.25) is 15.1 Å². The fourth-order valence-corrected chi connectivity index (χ4v) is 4.62. The fourth-order valence-electron chi connectivity index (χ4n) is 3.80. The van der Waals surface area contributed by atoms with Gasteiger partial charge in [0, 0.05) is 29.6 Å². The van der Waals surface area contributed by atoms with Gasteiger partial charge in [0.05, 0.1) is 18.9 Å². The van der Waals surface area contributed by atoms with E-state index in [1.807, 2.05) is 6.92 Å². The topological polar surface area (TPSA) is 119 Å². The molecule has 9 nitrogen and oxygen atoms in total. The van der Waals surface area contributed by atoms with E-state index in [2.05, 4.69) is 25.5 Å². The Morgan fingerprint density at radius 3 is 2.70 bits per heavy atom. The van der Waals surface area contributed by atoms with Crippen molar-refractivity contribution in [1.29, 1.82) is 0 Å². The molecule has 0 radical (unpaired) electrons. The van der Waals surface area contributed by atoms with Crippen LogP contribution in [0.4, 0.5) is 5.13 Å². The Balaban J connectivity index is 1.51. The molecule has 0 saturated heterocycles. The van der Waals surface area contributed by atoms with Gasteiger partial charge in [0.25, 0.3) is 11.1 Å². The number of aliphatic hydroxyl groups excluding tert-OH is 1. The van der Waals surface area contributed by atoms with E-state index in [4.69, 9.17) is 21.1 Å². The maximum Gasteiger partial charge on any atom is 0.296 e. The second-order valence-corrected chi connectivity index (χ2v) is 9.18. The maximum absolute atomic E-state index is 13.1. The molecule has 0 aromatic carbocycles. The van der Waals surface area contributed by atoms with Gasteiger partial charge in [-0.15, -0.1) is 5.10 Å². The van der Waals surface area contributed by atoms with Crippen LogP contribution in [0.2, 0.25) is 5.15 Å². The quantitative estimate of drug-likeness (QED) is 0.475. The molecule has 11 heteroatoms. The number of hydrogen-bond donors (Lipinski definition) is 2. The lowest BCUT2D eigenvalue weighted by Crippen LogP contribution is -2.25. The molecule has 0 aliphatic heterocycles. The molecule has 0 unspecified atom stereocenters. The zero-order valence-corrected chi connectivity index (χ0v) is 19.8. The van der Waals surface area contributed by atoms with Crippen molar-refractivity contribution in [2.75, 3.05) is 19.0 Å². The Bertz CT molecular complexity index is 1130. The third-order valence-electron chi connectivity index (χ3n) is 5.58. The van der Waals surface area contributed by atoms with E-state index in [9.17, 15) is 9.90 Å². The van der Waals surface area contributed by atoms with Gasteiger partial charge >= 0.3 is 0 Å². The minimum absolute atomic E-state index is 0.0427. The summed E-state index contributed by atoms with van der Waals surface area (Å²) >= 11 is 7.27. The number of aliphatic hydroxyl groups is 1. The van der Waals surface area contributed by atoms with Crippen molar-refractivity contribution < 1.29 is 19.4 Å². The molecule has 3 aromatic heterocycles. The van der Waals surface area contributed by atoms with Crippen molar-refractivity contribution in [3.05, 3.63) is 40.9 Å². The third kappa shape index (κ3) is 5.58. The number of carbonyl (C=O) groups excluding carboxylic acids is 1. The summed E-state index contributed by atoms with van der Waals surface area (Å²) in [6.07, 6.45) is 6.64. The molecule has 2 N–H and O–H groups in total. The van der Waals surface area contributed by atoms with Crippen LogP contribution in [0.3, 0.4) is 0 Å². The summed E-state index contributed by atoms with van der Waals surface area (Å²) in [6, 6.07) is 3.44. The molecule has 4 rings (SSSR count). The van der Waals surface area contributed by atoms with Crippen LogP contribution in [-0.4, -0.2) is 51.0 Å². The predicted molar refractivity (Wildman–Crippen MR) is 125 cm³/mol. The molecule has 1 saturated carbocycles. The second kappa shape index (κ2) is 10.4. The number of aromatic nitrogens is 4. The molecular formula is C22H24ClN5O4S. The van der Waals surface area contributed by atoms with Gasteiger partial charge in [-0.1, -0.05) is 16.7 Å². The molecule has 3 heterocycles. The lowest BCUT2D eigenvalue weighted by molar-refractivity contribution is 0.102. The normalized spacial score (nSPS) is 18.1. The number of hydrogen-bond acceptors (Lipinski definition) is 9.